The SMILES string of the molecule is CC(=CC(=O)NC(c1nc2ccccc2[nH]1)C(C)C)c1ccco1. The van der Waals surface area contributed by atoms with E-state index in [1.807, 2.05) is 37.3 Å². The van der Waals surface area contributed by atoms with Crippen molar-refractivity contribution in [2.24, 2.45) is 5.92 Å². The average molecular weight is 323 g/mol. The summed E-state index contributed by atoms with van der Waals surface area (Å²) in [4.78, 5) is 20.3. The van der Waals surface area contributed by atoms with Crippen LogP contribution < -0.4 is 5.32 Å². The van der Waals surface area contributed by atoms with Crippen molar-refractivity contribution < 1.29 is 9.21 Å². The second-order valence-electron chi connectivity index (χ2n) is 6.17. The smallest absolute Gasteiger partial charge is 0.244 e. The molecule has 2 aromatic heterocycles. The molecule has 1 atom stereocenters. The van der Waals surface area contributed by atoms with Gasteiger partial charge in [0.25, 0.3) is 0 Å². The highest BCUT2D eigenvalue weighted by Gasteiger charge is 2.21. The molecule has 0 spiro atoms. The third-order valence-corrected chi connectivity index (χ3v) is 3.92. The van der Waals surface area contributed by atoms with Crippen LogP contribution in [-0.4, -0.2) is 15.9 Å². The van der Waals surface area contributed by atoms with Crippen molar-refractivity contribution in [3.63, 3.8) is 0 Å². The Morgan fingerprint density at radius 2 is 2.04 bits per heavy atom. The van der Waals surface area contributed by atoms with E-state index >= 15 is 0 Å². The van der Waals surface area contributed by atoms with E-state index in [-0.39, 0.29) is 17.9 Å². The maximum absolute atomic E-state index is 12.4. The lowest BCUT2D eigenvalue weighted by molar-refractivity contribution is -0.117. The molecule has 0 aliphatic carbocycles. The number of benzene rings is 1. The summed E-state index contributed by atoms with van der Waals surface area (Å²) in [6.45, 7) is 5.96. The number of aromatic nitrogens is 2. The minimum Gasteiger partial charge on any atom is -0.465 e. The van der Waals surface area contributed by atoms with E-state index in [1.54, 1.807) is 18.4 Å². The van der Waals surface area contributed by atoms with Crippen molar-refractivity contribution in [3.05, 3.63) is 60.3 Å². The summed E-state index contributed by atoms with van der Waals surface area (Å²) in [5.41, 5.74) is 2.65. The second kappa shape index (κ2) is 6.74. The van der Waals surface area contributed by atoms with E-state index in [1.165, 1.54) is 0 Å². The number of H-pyrrole nitrogens is 1. The lowest BCUT2D eigenvalue weighted by Crippen LogP contribution is -2.31. The van der Waals surface area contributed by atoms with Gasteiger partial charge in [0, 0.05) is 6.08 Å². The Hall–Kier alpha value is -2.82. The van der Waals surface area contributed by atoms with E-state index in [0.29, 0.717) is 5.76 Å². The standard InChI is InChI=1S/C19H21N3O2/c1-12(2)18(19-20-14-7-4-5-8-15(14)21-19)22-17(23)11-13(3)16-9-6-10-24-16/h4-12,18H,1-3H3,(H,20,21)(H,22,23). The zero-order valence-electron chi connectivity index (χ0n) is 14.0. The summed E-state index contributed by atoms with van der Waals surface area (Å²) in [5, 5.41) is 3.04. The Morgan fingerprint density at radius 3 is 2.71 bits per heavy atom. The highest BCUT2D eigenvalue weighted by Crippen LogP contribution is 2.22. The molecule has 24 heavy (non-hydrogen) atoms. The summed E-state index contributed by atoms with van der Waals surface area (Å²) in [6.07, 6.45) is 3.15. The summed E-state index contributed by atoms with van der Waals surface area (Å²) < 4.78 is 5.31. The molecule has 0 radical (unpaired) electrons. The molecule has 0 fully saturated rings. The highest BCUT2D eigenvalue weighted by atomic mass is 16.3. The molecule has 1 amide bonds. The van der Waals surface area contributed by atoms with Gasteiger partial charge in [0.15, 0.2) is 0 Å². The molecule has 5 nitrogen and oxygen atoms in total. The maximum Gasteiger partial charge on any atom is 0.244 e. The molecule has 0 bridgehead atoms. The largest absolute Gasteiger partial charge is 0.465 e. The molecule has 5 heteroatoms. The Kier molecular flexibility index (Phi) is 4.51. The number of hydrogen-bond acceptors (Lipinski definition) is 3. The van der Waals surface area contributed by atoms with E-state index < -0.39 is 0 Å². The number of rotatable bonds is 5. The first-order valence-corrected chi connectivity index (χ1v) is 8.02. The monoisotopic (exact) mass is 323 g/mol. The number of nitrogens with zero attached hydrogens (tertiary/aromatic N) is 1. The summed E-state index contributed by atoms with van der Waals surface area (Å²) >= 11 is 0. The van der Waals surface area contributed by atoms with Crippen molar-refractivity contribution in [1.29, 1.82) is 0 Å². The van der Waals surface area contributed by atoms with Crippen LogP contribution >= 0.6 is 0 Å². The predicted octanol–water partition coefficient (Wildman–Crippen LogP) is 4.07. The van der Waals surface area contributed by atoms with Crippen molar-refractivity contribution in [2.75, 3.05) is 0 Å². The molecular weight excluding hydrogens is 302 g/mol. The summed E-state index contributed by atoms with van der Waals surface area (Å²) in [6, 6.07) is 11.3. The van der Waals surface area contributed by atoms with Gasteiger partial charge in [-0.3, -0.25) is 4.79 Å². The first-order chi connectivity index (χ1) is 11.5. The van der Waals surface area contributed by atoms with E-state index in [2.05, 4.69) is 29.1 Å². The molecule has 1 aromatic carbocycles. The van der Waals surface area contributed by atoms with Gasteiger partial charge in [0.05, 0.1) is 23.3 Å². The number of para-hydroxylation sites is 2. The normalized spacial score (nSPS) is 13.4. The first kappa shape index (κ1) is 16.1. The lowest BCUT2D eigenvalue weighted by atomic mass is 10.0. The number of furan rings is 1. The van der Waals surface area contributed by atoms with Gasteiger partial charge in [-0.05, 0) is 42.7 Å². The van der Waals surface area contributed by atoms with Gasteiger partial charge in [0.1, 0.15) is 11.6 Å². The number of allylic oxidation sites excluding steroid dienone is 1. The fourth-order valence-corrected chi connectivity index (χ4v) is 2.64. The molecule has 3 rings (SSSR count). The van der Waals surface area contributed by atoms with Crippen LogP contribution in [0.1, 0.15) is 38.4 Å². The third kappa shape index (κ3) is 3.40. The number of amides is 1. The predicted molar refractivity (Wildman–Crippen MR) is 94.2 cm³/mol. The minimum atomic E-state index is -0.189. The van der Waals surface area contributed by atoms with Gasteiger partial charge in [-0.15, -0.1) is 0 Å². The molecular formula is C19H21N3O2. The number of nitrogens with one attached hydrogen (secondary N) is 2. The van der Waals surface area contributed by atoms with Crippen LogP contribution in [0, 0.1) is 5.92 Å². The molecule has 0 aliphatic rings. The van der Waals surface area contributed by atoms with Gasteiger partial charge >= 0.3 is 0 Å². The number of hydrogen-bond donors (Lipinski definition) is 2. The van der Waals surface area contributed by atoms with Crippen LogP contribution in [0.4, 0.5) is 0 Å². The van der Waals surface area contributed by atoms with Crippen LogP contribution in [0.3, 0.4) is 0 Å². The fraction of sp³-hybridized carbons (Fsp3) is 0.263. The molecule has 2 N–H and O–H groups in total. The Balaban J connectivity index is 1.81. The zero-order chi connectivity index (χ0) is 17.1. The van der Waals surface area contributed by atoms with Crippen molar-refractivity contribution in [3.8, 4) is 0 Å². The molecule has 0 saturated carbocycles. The number of fused-ring (bicyclic) bond motifs is 1. The quantitative estimate of drug-likeness (QED) is 0.695. The fourth-order valence-electron chi connectivity index (χ4n) is 2.64. The lowest BCUT2D eigenvalue weighted by Gasteiger charge is -2.19. The minimum absolute atomic E-state index is 0.164. The maximum atomic E-state index is 12.4. The number of imidazole rings is 1. The second-order valence-corrected chi connectivity index (χ2v) is 6.17. The number of aromatic amines is 1. The zero-order valence-corrected chi connectivity index (χ0v) is 14.0. The van der Waals surface area contributed by atoms with Crippen molar-refractivity contribution in [2.45, 2.75) is 26.8 Å². The van der Waals surface area contributed by atoms with E-state index in [0.717, 1.165) is 22.4 Å². The van der Waals surface area contributed by atoms with Crippen LogP contribution in [0.5, 0.6) is 0 Å². The van der Waals surface area contributed by atoms with Crippen LogP contribution in [-0.2, 0) is 4.79 Å². The molecule has 0 saturated heterocycles. The van der Waals surface area contributed by atoms with Crippen LogP contribution in [0.25, 0.3) is 16.6 Å². The van der Waals surface area contributed by atoms with Gasteiger partial charge in [-0.25, -0.2) is 4.98 Å². The third-order valence-electron chi connectivity index (χ3n) is 3.92. The van der Waals surface area contributed by atoms with E-state index in [4.69, 9.17) is 4.42 Å². The van der Waals surface area contributed by atoms with Crippen molar-refractivity contribution in [1.82, 2.24) is 15.3 Å². The molecule has 3 aromatic rings. The van der Waals surface area contributed by atoms with E-state index in [9.17, 15) is 4.79 Å². The van der Waals surface area contributed by atoms with Gasteiger partial charge < -0.3 is 14.7 Å². The summed E-state index contributed by atoms with van der Waals surface area (Å²) in [7, 11) is 0. The number of carbonyl (C=O) groups excluding carboxylic acids is 1. The molecule has 124 valence electrons. The van der Waals surface area contributed by atoms with Gasteiger partial charge in [0.2, 0.25) is 5.91 Å². The van der Waals surface area contributed by atoms with Crippen LogP contribution in [0.15, 0.2) is 53.2 Å². The molecule has 1 unspecified atom stereocenters. The van der Waals surface area contributed by atoms with Gasteiger partial charge in [-0.1, -0.05) is 26.0 Å². The number of carbonyl (C=O) groups is 1. The van der Waals surface area contributed by atoms with Gasteiger partial charge in [-0.2, -0.15) is 0 Å². The van der Waals surface area contributed by atoms with Crippen LogP contribution in [0.2, 0.25) is 0 Å². The Bertz CT molecular complexity index is 827. The highest BCUT2D eigenvalue weighted by molar-refractivity contribution is 5.94. The molecule has 2 heterocycles. The topological polar surface area (TPSA) is 70.9 Å². The summed E-state index contributed by atoms with van der Waals surface area (Å²) in [5.74, 6) is 1.49. The molecule has 0 aliphatic heterocycles. The van der Waals surface area contributed by atoms with Crippen molar-refractivity contribution >= 4 is 22.5 Å². The Labute approximate surface area is 140 Å². The Morgan fingerprint density at radius 1 is 1.25 bits per heavy atom. The first-order valence-electron chi connectivity index (χ1n) is 8.02. The average Bonchev–Trinajstić information content (AvgIpc) is 3.21.